The second-order valence-corrected chi connectivity index (χ2v) is 3.11. The van der Waals surface area contributed by atoms with E-state index in [0.717, 1.165) is 25.3 Å². The molecule has 3 aliphatic rings. The van der Waals surface area contributed by atoms with Gasteiger partial charge in [0.2, 0.25) is 5.91 Å². The molecule has 2 heterocycles. The fourth-order valence-corrected chi connectivity index (χ4v) is 1.73. The second kappa shape index (κ2) is 1.72. The van der Waals surface area contributed by atoms with Gasteiger partial charge in [-0.2, -0.15) is 0 Å². The number of rotatable bonds is 0. The number of carbonyl (C=O) groups is 1. The largest absolute Gasteiger partial charge is 0.356 e. The summed E-state index contributed by atoms with van der Waals surface area (Å²) in [5.74, 6) is 1.55. The third-order valence-electron chi connectivity index (χ3n) is 2.46. The monoisotopic (exact) mass is 125 g/mol. The predicted molar refractivity (Wildman–Crippen MR) is 33.8 cm³/mol. The lowest BCUT2D eigenvalue weighted by atomic mass is 9.74. The summed E-state index contributed by atoms with van der Waals surface area (Å²) in [7, 11) is 0. The molecule has 0 atom stereocenters. The molecule has 1 aliphatic carbocycles. The lowest BCUT2D eigenvalue weighted by Gasteiger charge is -2.29. The Morgan fingerprint density at radius 3 is 3.00 bits per heavy atom. The van der Waals surface area contributed by atoms with Crippen molar-refractivity contribution in [2.45, 2.75) is 19.3 Å². The maximum absolute atomic E-state index is 10.9. The molecule has 0 aromatic rings. The van der Waals surface area contributed by atoms with Crippen LogP contribution in [0, 0.1) is 11.8 Å². The van der Waals surface area contributed by atoms with Crippen LogP contribution in [0.2, 0.25) is 0 Å². The molecule has 2 saturated heterocycles. The molecule has 0 radical (unpaired) electrons. The molecule has 2 heteroatoms. The molecule has 1 amide bonds. The van der Waals surface area contributed by atoms with Crippen molar-refractivity contribution < 1.29 is 4.79 Å². The van der Waals surface area contributed by atoms with Gasteiger partial charge in [-0.15, -0.1) is 0 Å². The Kier molecular flexibility index (Phi) is 1.01. The van der Waals surface area contributed by atoms with Crippen molar-refractivity contribution in [2.24, 2.45) is 11.8 Å². The summed E-state index contributed by atoms with van der Waals surface area (Å²) < 4.78 is 0. The molecule has 2 nitrogen and oxygen atoms in total. The smallest absolute Gasteiger partial charge is 0.223 e. The molecule has 3 fully saturated rings. The first-order valence-electron chi connectivity index (χ1n) is 3.64. The van der Waals surface area contributed by atoms with Gasteiger partial charge in [-0.05, 0) is 25.2 Å². The van der Waals surface area contributed by atoms with Gasteiger partial charge >= 0.3 is 0 Å². The first-order chi connectivity index (χ1) is 4.36. The van der Waals surface area contributed by atoms with Crippen LogP contribution in [0.25, 0.3) is 0 Å². The van der Waals surface area contributed by atoms with E-state index in [1.807, 2.05) is 0 Å². The Bertz CT molecular complexity index is 138. The number of hydrogen-bond donors (Lipinski definition) is 1. The lowest BCUT2D eigenvalue weighted by molar-refractivity contribution is -0.127. The van der Waals surface area contributed by atoms with E-state index in [1.165, 1.54) is 6.42 Å². The van der Waals surface area contributed by atoms with E-state index < -0.39 is 0 Å². The Labute approximate surface area is 54.6 Å². The number of amides is 1. The molecule has 2 aliphatic heterocycles. The standard InChI is InChI=1S/C7H11NO/c9-7-6-3-5(4-6)1-2-8-7/h5-6H,1-4H2,(H,8,9). The van der Waals surface area contributed by atoms with Crippen LogP contribution >= 0.6 is 0 Å². The molecule has 0 aromatic carbocycles. The van der Waals surface area contributed by atoms with Gasteiger partial charge in [-0.25, -0.2) is 0 Å². The van der Waals surface area contributed by atoms with Crippen LogP contribution in [0.1, 0.15) is 19.3 Å². The fourth-order valence-electron chi connectivity index (χ4n) is 1.73. The molecule has 3 rings (SSSR count). The third kappa shape index (κ3) is 0.732. The third-order valence-corrected chi connectivity index (χ3v) is 2.46. The van der Waals surface area contributed by atoms with Crippen molar-refractivity contribution in [2.75, 3.05) is 6.54 Å². The van der Waals surface area contributed by atoms with Crippen LogP contribution in [0.15, 0.2) is 0 Å². The zero-order valence-electron chi connectivity index (χ0n) is 5.39. The van der Waals surface area contributed by atoms with E-state index in [9.17, 15) is 4.79 Å². The first kappa shape index (κ1) is 5.27. The summed E-state index contributed by atoms with van der Waals surface area (Å²) in [6, 6.07) is 0. The quantitative estimate of drug-likeness (QED) is 0.502. The molecular weight excluding hydrogens is 114 g/mol. The Morgan fingerprint density at radius 2 is 2.22 bits per heavy atom. The number of hydrogen-bond acceptors (Lipinski definition) is 1. The SMILES string of the molecule is O=C1NCCC2CC1C2. The van der Waals surface area contributed by atoms with Crippen molar-refractivity contribution in [1.82, 2.24) is 5.32 Å². The maximum atomic E-state index is 10.9. The normalized spacial score (nSPS) is 40.7. The van der Waals surface area contributed by atoms with Crippen LogP contribution in [0.5, 0.6) is 0 Å². The van der Waals surface area contributed by atoms with E-state index in [4.69, 9.17) is 0 Å². The first-order valence-corrected chi connectivity index (χ1v) is 3.64. The molecule has 2 bridgehead atoms. The zero-order valence-corrected chi connectivity index (χ0v) is 5.39. The molecule has 0 spiro atoms. The highest BCUT2D eigenvalue weighted by Crippen LogP contribution is 2.37. The number of carbonyl (C=O) groups excluding carboxylic acids is 1. The van der Waals surface area contributed by atoms with Gasteiger partial charge < -0.3 is 5.32 Å². The number of fused-ring (bicyclic) bond motifs is 3. The van der Waals surface area contributed by atoms with E-state index >= 15 is 0 Å². The average molecular weight is 125 g/mol. The lowest BCUT2D eigenvalue weighted by Crippen LogP contribution is -2.32. The van der Waals surface area contributed by atoms with Crippen molar-refractivity contribution in [1.29, 1.82) is 0 Å². The Hall–Kier alpha value is -0.530. The maximum Gasteiger partial charge on any atom is 0.223 e. The van der Waals surface area contributed by atoms with E-state index in [1.54, 1.807) is 0 Å². The Balaban J connectivity index is 2.07. The summed E-state index contributed by atoms with van der Waals surface area (Å²) in [5.41, 5.74) is 0. The van der Waals surface area contributed by atoms with Gasteiger partial charge in [-0.1, -0.05) is 0 Å². The zero-order chi connectivity index (χ0) is 6.27. The summed E-state index contributed by atoms with van der Waals surface area (Å²) in [6.45, 7) is 0.917. The van der Waals surface area contributed by atoms with Crippen LogP contribution in [0.4, 0.5) is 0 Å². The average Bonchev–Trinajstić information content (AvgIpc) is 1.93. The number of nitrogens with one attached hydrogen (secondary N) is 1. The minimum Gasteiger partial charge on any atom is -0.356 e. The van der Waals surface area contributed by atoms with Gasteiger partial charge in [0.1, 0.15) is 0 Å². The van der Waals surface area contributed by atoms with E-state index in [0.29, 0.717) is 11.8 Å². The second-order valence-electron chi connectivity index (χ2n) is 3.11. The van der Waals surface area contributed by atoms with Gasteiger partial charge in [0, 0.05) is 12.5 Å². The van der Waals surface area contributed by atoms with Gasteiger partial charge in [0.05, 0.1) is 0 Å². The van der Waals surface area contributed by atoms with Crippen molar-refractivity contribution in [3.05, 3.63) is 0 Å². The molecular formula is C7H11NO. The predicted octanol–water partition coefficient (Wildman–Crippen LogP) is 0.532. The van der Waals surface area contributed by atoms with Crippen molar-refractivity contribution in [3.63, 3.8) is 0 Å². The topological polar surface area (TPSA) is 29.1 Å². The van der Waals surface area contributed by atoms with Crippen molar-refractivity contribution in [3.8, 4) is 0 Å². The van der Waals surface area contributed by atoms with Crippen LogP contribution in [-0.4, -0.2) is 12.5 Å². The summed E-state index contributed by atoms with van der Waals surface area (Å²) in [6.07, 6.45) is 3.53. The van der Waals surface area contributed by atoms with E-state index in [-0.39, 0.29) is 0 Å². The van der Waals surface area contributed by atoms with Crippen LogP contribution < -0.4 is 5.32 Å². The van der Waals surface area contributed by atoms with Gasteiger partial charge in [-0.3, -0.25) is 4.79 Å². The molecule has 1 saturated carbocycles. The molecule has 1 N–H and O–H groups in total. The highest BCUT2D eigenvalue weighted by molar-refractivity contribution is 5.79. The molecule has 50 valence electrons. The van der Waals surface area contributed by atoms with Crippen LogP contribution in [-0.2, 0) is 4.79 Å². The Morgan fingerprint density at radius 1 is 1.44 bits per heavy atom. The summed E-state index contributed by atoms with van der Waals surface area (Å²) in [4.78, 5) is 10.9. The van der Waals surface area contributed by atoms with Gasteiger partial charge in [0.15, 0.2) is 0 Å². The minimum absolute atomic E-state index is 0.295. The van der Waals surface area contributed by atoms with Crippen molar-refractivity contribution >= 4 is 5.91 Å². The molecule has 0 unspecified atom stereocenters. The minimum atomic E-state index is 0.295. The molecule has 0 aromatic heterocycles. The summed E-state index contributed by atoms with van der Waals surface area (Å²) in [5, 5.41) is 2.90. The van der Waals surface area contributed by atoms with Gasteiger partial charge in [0.25, 0.3) is 0 Å². The molecule has 9 heavy (non-hydrogen) atoms. The fraction of sp³-hybridized carbons (Fsp3) is 0.857. The highest BCUT2D eigenvalue weighted by atomic mass is 16.1. The highest BCUT2D eigenvalue weighted by Gasteiger charge is 2.36. The van der Waals surface area contributed by atoms with E-state index in [2.05, 4.69) is 5.32 Å². The van der Waals surface area contributed by atoms with Crippen LogP contribution in [0.3, 0.4) is 0 Å². The summed E-state index contributed by atoms with van der Waals surface area (Å²) >= 11 is 0.